The van der Waals surface area contributed by atoms with Crippen molar-refractivity contribution in [3.8, 4) is 5.69 Å². The van der Waals surface area contributed by atoms with Crippen LogP contribution in [0.25, 0.3) is 5.69 Å². The molecule has 1 aromatic heterocycles. The van der Waals surface area contributed by atoms with Gasteiger partial charge in [-0.2, -0.15) is 0 Å². The number of hydrogen-bond acceptors (Lipinski definition) is 7. The van der Waals surface area contributed by atoms with Crippen molar-refractivity contribution in [3.63, 3.8) is 0 Å². The number of hydrogen-bond donors (Lipinski definition) is 1. The summed E-state index contributed by atoms with van der Waals surface area (Å²) in [4.78, 5) is 1.98. The number of benzene rings is 1. The first kappa shape index (κ1) is 17.1. The Labute approximate surface area is 124 Å². The maximum absolute atomic E-state index is 8.49. The van der Waals surface area contributed by atoms with E-state index in [0.29, 0.717) is 5.69 Å². The van der Waals surface area contributed by atoms with Gasteiger partial charge in [-0.15, -0.1) is 10.2 Å². The van der Waals surface area contributed by atoms with Gasteiger partial charge in [0.2, 0.25) is 0 Å². The molecule has 0 aliphatic rings. The molecular weight excluding hydrogens is 300 g/mol. The lowest BCUT2D eigenvalue weighted by molar-refractivity contribution is -2.00. The molecule has 0 spiro atoms. The molecule has 0 saturated carbocycles. The Bertz CT molecular complexity index is 569. The number of para-hydroxylation sites is 1. The van der Waals surface area contributed by atoms with Gasteiger partial charge >= 0.3 is 5.82 Å². The second kappa shape index (κ2) is 7.16. The fourth-order valence-electron chi connectivity index (χ4n) is 1.52. The lowest BCUT2D eigenvalue weighted by Gasteiger charge is -2.17. The highest BCUT2D eigenvalue weighted by molar-refractivity contribution is 5.45. The molecule has 2 N–H and O–H groups in total. The number of anilines is 2. The molecule has 2 rings (SSSR count). The first-order chi connectivity index (χ1) is 9.68. The van der Waals surface area contributed by atoms with Crippen LogP contribution in [0.1, 0.15) is 0 Å². The Morgan fingerprint density at radius 1 is 1.10 bits per heavy atom. The smallest absolute Gasteiger partial charge is 0.304 e. The van der Waals surface area contributed by atoms with Gasteiger partial charge in [-0.1, -0.05) is 28.0 Å². The number of nitrogens with zero attached hydrogens (tertiary/aromatic N) is 3. The molecule has 1 aromatic carbocycles. The Kier molecular flexibility index (Phi) is 5.82. The topological polar surface area (TPSA) is 138 Å². The van der Waals surface area contributed by atoms with Crippen molar-refractivity contribution in [2.75, 3.05) is 24.7 Å². The Morgan fingerprint density at radius 2 is 1.62 bits per heavy atom. The van der Waals surface area contributed by atoms with Gasteiger partial charge in [0.25, 0.3) is 0 Å². The summed E-state index contributed by atoms with van der Waals surface area (Å²) in [6, 6.07) is 11.9. The Hall–Kier alpha value is -1.97. The largest absolute Gasteiger partial charge is 0.397 e. The summed E-state index contributed by atoms with van der Waals surface area (Å²) in [6.45, 7) is 0. The summed E-state index contributed by atoms with van der Waals surface area (Å²) in [5.74, 6) is 0.950. The molecular formula is C12H15ClN4O4. The summed E-state index contributed by atoms with van der Waals surface area (Å²) >= 11 is 0. The van der Waals surface area contributed by atoms with E-state index in [2.05, 4.69) is 5.10 Å². The van der Waals surface area contributed by atoms with Gasteiger partial charge in [0, 0.05) is 0 Å². The van der Waals surface area contributed by atoms with E-state index in [1.54, 1.807) is 6.20 Å². The molecule has 9 heteroatoms. The number of aromatic nitrogens is 2. The van der Waals surface area contributed by atoms with Crippen molar-refractivity contribution >= 4 is 11.5 Å². The van der Waals surface area contributed by atoms with Crippen LogP contribution >= 0.6 is 0 Å². The van der Waals surface area contributed by atoms with Crippen LogP contribution < -0.4 is 34.0 Å². The van der Waals surface area contributed by atoms with Crippen molar-refractivity contribution in [1.29, 1.82) is 0 Å². The van der Waals surface area contributed by atoms with Crippen LogP contribution in [0.15, 0.2) is 42.6 Å². The quantitative estimate of drug-likeness (QED) is 0.562. The molecule has 114 valence electrons. The summed E-state index contributed by atoms with van der Waals surface area (Å²) in [7, 11) is -1.01. The molecule has 0 aliphatic carbocycles. The Morgan fingerprint density at radius 3 is 2.10 bits per heavy atom. The van der Waals surface area contributed by atoms with Gasteiger partial charge < -0.3 is 5.73 Å². The molecule has 0 aliphatic heterocycles. The summed E-state index contributed by atoms with van der Waals surface area (Å²) in [5, 5.41) is 4.32. The molecule has 0 amide bonds. The van der Waals surface area contributed by atoms with Crippen molar-refractivity contribution in [1.82, 2.24) is 5.10 Å². The fraction of sp³-hybridized carbons (Fsp3) is 0.167. The van der Waals surface area contributed by atoms with E-state index in [9.17, 15) is 0 Å². The number of halogens is 1. The second-order valence-corrected chi connectivity index (χ2v) is 4.92. The van der Waals surface area contributed by atoms with Crippen LogP contribution in [0.2, 0.25) is 0 Å². The highest BCUT2D eigenvalue weighted by Crippen LogP contribution is 2.10. The third-order valence-corrected chi connectivity index (χ3v) is 2.29. The van der Waals surface area contributed by atoms with Crippen molar-refractivity contribution < 1.29 is 33.6 Å². The second-order valence-electron chi connectivity index (χ2n) is 4.17. The van der Waals surface area contributed by atoms with Gasteiger partial charge in [0.1, 0.15) is 0 Å². The predicted octanol–water partition coefficient (Wildman–Crippen LogP) is -3.75. The van der Waals surface area contributed by atoms with E-state index in [1.807, 2.05) is 60.1 Å². The number of nitrogens with two attached hydrogens (primary N) is 1. The maximum atomic E-state index is 8.49. The van der Waals surface area contributed by atoms with Gasteiger partial charge in [-0.25, -0.2) is 18.6 Å². The maximum Gasteiger partial charge on any atom is 0.304 e. The fourth-order valence-corrected chi connectivity index (χ4v) is 1.52. The molecule has 8 nitrogen and oxygen atoms in total. The molecule has 21 heavy (non-hydrogen) atoms. The SMILES string of the molecule is CN(C)c1cc(N)cn[n+]1-c1ccccc1.[O-][Cl+3]([O-])([O-])[O-]. The highest BCUT2D eigenvalue weighted by atomic mass is 35.7. The van der Waals surface area contributed by atoms with E-state index in [-0.39, 0.29) is 0 Å². The summed E-state index contributed by atoms with van der Waals surface area (Å²) < 4.78 is 35.8. The average Bonchev–Trinajstić information content (AvgIpc) is 2.37. The van der Waals surface area contributed by atoms with Crippen LogP contribution in [0.5, 0.6) is 0 Å². The minimum Gasteiger partial charge on any atom is -0.397 e. The standard InChI is InChI=1S/C12H14N4.ClHO4/c1-15(2)12-8-10(13)9-14-16(12)11-6-4-3-5-7-11;2-1(3,4)5/h3-9,13H,1-2H3;(H,2,3,4,5). The van der Waals surface area contributed by atoms with E-state index in [4.69, 9.17) is 24.4 Å². The van der Waals surface area contributed by atoms with Crippen LogP contribution in [0.3, 0.4) is 0 Å². The van der Waals surface area contributed by atoms with E-state index in [1.165, 1.54) is 0 Å². The van der Waals surface area contributed by atoms with Crippen molar-refractivity contribution in [2.45, 2.75) is 0 Å². The molecule has 0 unspecified atom stereocenters. The van der Waals surface area contributed by atoms with Crippen LogP contribution in [-0.2, 0) is 0 Å². The summed E-state index contributed by atoms with van der Waals surface area (Å²) in [5.41, 5.74) is 7.42. The first-order valence-corrected chi connectivity index (χ1v) is 6.94. The molecule has 0 atom stereocenters. The highest BCUT2D eigenvalue weighted by Gasteiger charge is 2.15. The molecule has 0 bridgehead atoms. The summed E-state index contributed by atoms with van der Waals surface area (Å²) in [6.07, 6.45) is 1.65. The lowest BCUT2D eigenvalue weighted by Crippen LogP contribution is -2.68. The van der Waals surface area contributed by atoms with E-state index < -0.39 is 10.2 Å². The first-order valence-electron chi connectivity index (χ1n) is 5.71. The zero-order chi connectivity index (χ0) is 16.0. The van der Waals surface area contributed by atoms with E-state index >= 15 is 0 Å². The van der Waals surface area contributed by atoms with Crippen LogP contribution in [-0.4, -0.2) is 19.2 Å². The minimum atomic E-state index is -4.94. The molecule has 0 fully saturated rings. The number of rotatable bonds is 2. The third-order valence-electron chi connectivity index (χ3n) is 2.29. The molecule has 1 heterocycles. The van der Waals surface area contributed by atoms with Crippen molar-refractivity contribution in [3.05, 3.63) is 42.6 Å². The monoisotopic (exact) mass is 314 g/mol. The van der Waals surface area contributed by atoms with Crippen molar-refractivity contribution in [2.24, 2.45) is 0 Å². The zero-order valence-corrected chi connectivity index (χ0v) is 12.2. The van der Waals surface area contributed by atoms with Gasteiger partial charge in [0.15, 0.2) is 5.69 Å². The van der Waals surface area contributed by atoms with E-state index in [0.717, 1.165) is 11.5 Å². The number of nitrogen functional groups attached to an aromatic ring is 1. The average molecular weight is 315 g/mol. The van der Waals surface area contributed by atoms with Gasteiger partial charge in [0.05, 0.1) is 32.0 Å². The molecule has 2 aromatic rings. The minimum absolute atomic E-state index is 0.663. The zero-order valence-electron chi connectivity index (χ0n) is 11.5. The lowest BCUT2D eigenvalue weighted by atomic mass is 10.3. The van der Waals surface area contributed by atoms with Gasteiger partial charge in [-0.05, 0) is 12.1 Å². The molecule has 0 radical (unpaired) electrons. The third kappa shape index (κ3) is 6.34. The normalized spacial score (nSPS) is 10.6. The molecule has 0 saturated heterocycles. The Balaban J connectivity index is 0.000000383. The van der Waals surface area contributed by atoms with Crippen LogP contribution in [0, 0.1) is 10.2 Å². The van der Waals surface area contributed by atoms with Gasteiger partial charge in [-0.3, -0.25) is 4.90 Å². The predicted molar refractivity (Wildman–Crippen MR) is 64.5 cm³/mol. The van der Waals surface area contributed by atoms with Crippen LogP contribution in [0.4, 0.5) is 11.5 Å².